The zero-order valence-corrected chi connectivity index (χ0v) is 17.4. The van der Waals surface area contributed by atoms with Crippen LogP contribution in [0, 0.1) is 18.3 Å². The maximum Gasteiger partial charge on any atom is 0.259 e. The molecule has 0 bridgehead atoms. The van der Waals surface area contributed by atoms with Gasteiger partial charge in [0.2, 0.25) is 5.92 Å². The van der Waals surface area contributed by atoms with Gasteiger partial charge in [-0.15, -0.1) is 0 Å². The molecule has 1 aliphatic rings. The molecule has 2 aromatic heterocycles. The average molecular weight is 450 g/mol. The van der Waals surface area contributed by atoms with Crippen LogP contribution in [0.3, 0.4) is 0 Å². The lowest BCUT2D eigenvalue weighted by Gasteiger charge is -2.24. The molecule has 0 aliphatic carbocycles. The van der Waals surface area contributed by atoms with Crippen LogP contribution >= 0.6 is 0 Å². The Hall–Kier alpha value is -3.17. The molecule has 0 radical (unpaired) electrons. The van der Waals surface area contributed by atoms with E-state index < -0.39 is 26.9 Å². The molecular weight excluding hydrogens is 430 g/mol. The van der Waals surface area contributed by atoms with Gasteiger partial charge in [0.05, 0.1) is 16.8 Å². The number of pyridine rings is 2. The molecule has 12 heteroatoms. The number of aromatic nitrogens is 2. The third-order valence-corrected chi connectivity index (χ3v) is 5.67. The molecule has 0 saturated carbocycles. The molecule has 3 N–H and O–H groups in total. The van der Waals surface area contributed by atoms with Crippen LogP contribution in [0.25, 0.3) is 0 Å². The second-order valence-electron chi connectivity index (χ2n) is 7.18. The fourth-order valence-corrected chi connectivity index (χ4v) is 3.73. The first kappa shape index (κ1) is 22.5. The molecule has 1 fully saturated rings. The number of nitrogens with two attached hydrogens (primary N) is 1. The van der Waals surface area contributed by atoms with Crippen molar-refractivity contribution in [1.29, 1.82) is 5.26 Å². The molecule has 2 aromatic rings. The number of nitriles is 1. The monoisotopic (exact) mass is 450 g/mol. The Balaban J connectivity index is 1.98. The van der Waals surface area contributed by atoms with E-state index in [1.807, 2.05) is 6.07 Å². The summed E-state index contributed by atoms with van der Waals surface area (Å²) in [6.45, 7) is 1.87. The fraction of sp³-hybridized carbons (Fsp3) is 0.368. The van der Waals surface area contributed by atoms with Crippen molar-refractivity contribution >= 4 is 27.4 Å². The lowest BCUT2D eigenvalue weighted by molar-refractivity contribution is -0.0102. The number of nitrogens with zero attached hydrogens (tertiary/aromatic N) is 4. The van der Waals surface area contributed by atoms with Gasteiger partial charge in [-0.25, -0.2) is 32.3 Å². The van der Waals surface area contributed by atoms with E-state index in [-0.39, 0.29) is 55.0 Å². The van der Waals surface area contributed by atoms with E-state index in [2.05, 4.69) is 15.3 Å². The number of sulfonamides is 1. The Morgan fingerprint density at radius 1 is 1.32 bits per heavy atom. The topological polar surface area (TPSA) is 142 Å². The first-order valence-electron chi connectivity index (χ1n) is 9.35. The van der Waals surface area contributed by atoms with Gasteiger partial charge in [-0.05, 0) is 25.5 Å². The molecule has 1 aliphatic heterocycles. The Labute approximate surface area is 178 Å². The normalized spacial score (nSPS) is 16.3. The molecule has 0 aromatic carbocycles. The van der Waals surface area contributed by atoms with E-state index in [0.717, 1.165) is 6.07 Å². The number of primary sulfonamides is 1. The fourth-order valence-electron chi connectivity index (χ4n) is 3.23. The van der Waals surface area contributed by atoms with Crippen molar-refractivity contribution in [2.45, 2.75) is 37.1 Å². The largest absolute Gasteiger partial charge is 0.356 e. The number of halogens is 2. The Kier molecular flexibility index (Phi) is 6.19. The number of alkyl halides is 2. The second-order valence-corrected chi connectivity index (χ2v) is 8.69. The summed E-state index contributed by atoms with van der Waals surface area (Å²) in [7, 11) is -4.08. The van der Waals surface area contributed by atoms with Gasteiger partial charge in [0, 0.05) is 43.9 Å². The van der Waals surface area contributed by atoms with Crippen molar-refractivity contribution < 1.29 is 22.0 Å². The molecule has 0 unspecified atom stereocenters. The van der Waals surface area contributed by atoms with E-state index in [1.54, 1.807) is 11.8 Å². The molecule has 1 amide bonds. The minimum atomic E-state index is -4.08. The Morgan fingerprint density at radius 3 is 2.74 bits per heavy atom. The van der Waals surface area contributed by atoms with Gasteiger partial charge in [-0.1, -0.05) is 0 Å². The Bertz CT molecular complexity index is 1160. The van der Waals surface area contributed by atoms with Crippen molar-refractivity contribution in [3.63, 3.8) is 0 Å². The summed E-state index contributed by atoms with van der Waals surface area (Å²) in [6.07, 6.45) is 0.753. The van der Waals surface area contributed by atoms with Crippen molar-refractivity contribution in [3.8, 4) is 6.07 Å². The van der Waals surface area contributed by atoms with Gasteiger partial charge in [-0.2, -0.15) is 5.26 Å². The number of amides is 1. The minimum Gasteiger partial charge on any atom is -0.356 e. The van der Waals surface area contributed by atoms with Crippen molar-refractivity contribution in [1.82, 2.24) is 9.97 Å². The van der Waals surface area contributed by atoms with Gasteiger partial charge in [0.1, 0.15) is 11.9 Å². The number of hydrogen-bond donors (Lipinski definition) is 2. The molecular formula is C19H20F2N6O3S. The average Bonchev–Trinajstić information content (AvgIpc) is 2.87. The smallest absolute Gasteiger partial charge is 0.259 e. The predicted molar refractivity (Wildman–Crippen MR) is 108 cm³/mol. The summed E-state index contributed by atoms with van der Waals surface area (Å²) in [5.74, 6) is -3.28. The summed E-state index contributed by atoms with van der Waals surface area (Å²) in [5.41, 5.74) is 0.650. The van der Waals surface area contributed by atoms with Crippen LogP contribution in [0.1, 0.15) is 40.9 Å². The summed E-state index contributed by atoms with van der Waals surface area (Å²) in [4.78, 5) is 22.6. The van der Waals surface area contributed by atoms with Crippen molar-refractivity contribution in [2.75, 3.05) is 23.3 Å². The highest BCUT2D eigenvalue weighted by Gasteiger charge is 2.33. The van der Waals surface area contributed by atoms with Crippen LogP contribution in [-0.2, 0) is 10.0 Å². The SMILES string of the molecule is Cc1nc(N2CCCC(F)(F)CC2)c(C(=O)Nc2ccnc(S(N)(=O)=O)c2)cc1C#N. The molecule has 31 heavy (non-hydrogen) atoms. The molecule has 0 spiro atoms. The highest BCUT2D eigenvalue weighted by molar-refractivity contribution is 7.89. The van der Waals surface area contributed by atoms with Crippen LogP contribution in [0.5, 0.6) is 0 Å². The Morgan fingerprint density at radius 2 is 2.06 bits per heavy atom. The van der Waals surface area contributed by atoms with Gasteiger partial charge < -0.3 is 10.2 Å². The first-order valence-corrected chi connectivity index (χ1v) is 10.9. The van der Waals surface area contributed by atoms with Crippen LogP contribution in [0.15, 0.2) is 29.4 Å². The maximum atomic E-state index is 13.8. The third-order valence-electron chi connectivity index (χ3n) is 4.86. The summed E-state index contributed by atoms with van der Waals surface area (Å²) in [6, 6.07) is 5.75. The molecule has 164 valence electrons. The van der Waals surface area contributed by atoms with Gasteiger partial charge in [0.15, 0.2) is 5.03 Å². The van der Waals surface area contributed by atoms with Gasteiger partial charge in [-0.3, -0.25) is 4.79 Å². The van der Waals surface area contributed by atoms with Crippen LogP contribution in [0.2, 0.25) is 0 Å². The van der Waals surface area contributed by atoms with Gasteiger partial charge >= 0.3 is 0 Å². The number of anilines is 2. The molecule has 3 heterocycles. The van der Waals surface area contributed by atoms with Gasteiger partial charge in [0.25, 0.3) is 15.9 Å². The van der Waals surface area contributed by atoms with E-state index in [1.165, 1.54) is 18.3 Å². The number of aryl methyl sites for hydroxylation is 1. The summed E-state index contributed by atoms with van der Waals surface area (Å²) >= 11 is 0. The lowest BCUT2D eigenvalue weighted by Crippen LogP contribution is -2.30. The molecule has 0 atom stereocenters. The van der Waals surface area contributed by atoms with Crippen LogP contribution in [-0.4, -0.2) is 43.3 Å². The van der Waals surface area contributed by atoms with Crippen molar-refractivity contribution in [3.05, 3.63) is 41.2 Å². The zero-order chi connectivity index (χ0) is 22.8. The number of carbonyl (C=O) groups is 1. The second kappa shape index (κ2) is 8.52. The summed E-state index contributed by atoms with van der Waals surface area (Å²) < 4.78 is 50.6. The highest BCUT2D eigenvalue weighted by atomic mass is 32.2. The number of carbonyl (C=O) groups excluding carboxylic acids is 1. The minimum absolute atomic E-state index is 0.00353. The van der Waals surface area contributed by atoms with E-state index in [9.17, 15) is 27.3 Å². The standard InChI is InChI=1S/C19H20F2N6O3S/c1-12-13(11-22)9-15(17(25-12)27-7-2-4-19(20,21)5-8-27)18(28)26-14-3-6-24-16(10-14)31(23,29)30/h3,6,9-10H,2,4-5,7-8H2,1H3,(H2,23,29,30)(H,24,26,28). The van der Waals surface area contributed by atoms with E-state index in [4.69, 9.17) is 5.14 Å². The number of nitrogens with one attached hydrogen (secondary N) is 1. The first-order chi connectivity index (χ1) is 14.5. The zero-order valence-electron chi connectivity index (χ0n) is 16.6. The third kappa shape index (κ3) is 5.31. The van der Waals surface area contributed by atoms with E-state index in [0.29, 0.717) is 5.69 Å². The van der Waals surface area contributed by atoms with Crippen molar-refractivity contribution in [2.24, 2.45) is 5.14 Å². The summed E-state index contributed by atoms with van der Waals surface area (Å²) in [5, 5.41) is 16.5. The van der Waals surface area contributed by atoms with E-state index >= 15 is 0 Å². The molecule has 3 rings (SSSR count). The highest BCUT2D eigenvalue weighted by Crippen LogP contribution is 2.31. The maximum absolute atomic E-state index is 13.8. The number of hydrogen-bond acceptors (Lipinski definition) is 7. The predicted octanol–water partition coefficient (Wildman–Crippen LogP) is 2.18. The molecule has 9 nitrogen and oxygen atoms in total. The number of rotatable bonds is 4. The van der Waals surface area contributed by atoms with Crippen LogP contribution < -0.4 is 15.4 Å². The quantitative estimate of drug-likeness (QED) is 0.727. The lowest BCUT2D eigenvalue weighted by atomic mass is 10.1. The molecule has 1 saturated heterocycles. The van der Waals surface area contributed by atoms with Crippen LogP contribution in [0.4, 0.5) is 20.3 Å².